The van der Waals surface area contributed by atoms with Crippen LogP contribution >= 0.6 is 0 Å². The molecule has 0 spiro atoms. The van der Waals surface area contributed by atoms with Crippen LogP contribution in [-0.2, 0) is 9.53 Å². The van der Waals surface area contributed by atoms with E-state index in [2.05, 4.69) is 15.3 Å². The van der Waals surface area contributed by atoms with Crippen LogP contribution in [0, 0.1) is 0 Å². The highest BCUT2D eigenvalue weighted by molar-refractivity contribution is 5.76. The van der Waals surface area contributed by atoms with E-state index in [1.54, 1.807) is 12.4 Å². The highest BCUT2D eigenvalue weighted by Gasteiger charge is 2.18. The van der Waals surface area contributed by atoms with Crippen molar-refractivity contribution in [1.29, 1.82) is 0 Å². The van der Waals surface area contributed by atoms with E-state index in [-0.39, 0.29) is 18.1 Å². The molecule has 2 atom stereocenters. The second kappa shape index (κ2) is 7.28. The van der Waals surface area contributed by atoms with Crippen LogP contribution in [0.25, 0.3) is 0 Å². The molecule has 1 aromatic heterocycles. The Morgan fingerprint density at radius 1 is 1.63 bits per heavy atom. The summed E-state index contributed by atoms with van der Waals surface area (Å²) in [6.07, 6.45) is 9.39. The summed E-state index contributed by atoms with van der Waals surface area (Å²) in [6.45, 7) is 2.88. The highest BCUT2D eigenvalue weighted by atomic mass is 16.5. The monoisotopic (exact) mass is 265 g/mol. The molecule has 1 aliphatic rings. The zero-order valence-corrected chi connectivity index (χ0v) is 11.5. The van der Waals surface area contributed by atoms with Gasteiger partial charge in [-0.15, -0.1) is 0 Å². The van der Waals surface area contributed by atoms with Crippen molar-refractivity contribution in [2.75, 3.05) is 6.61 Å². The standard InChI is InChI=1S/C14H23N3O2/c1-2-12(14-15-8-9-16-14)17-13(18)7-6-11-5-3-4-10-19-11/h8-9,11-12H,2-7,10H2,1H3,(H,15,16)(H,17,18). The van der Waals surface area contributed by atoms with Gasteiger partial charge >= 0.3 is 0 Å². The minimum atomic E-state index is -0.0187. The topological polar surface area (TPSA) is 67.0 Å². The molecule has 19 heavy (non-hydrogen) atoms. The Kier molecular flexibility index (Phi) is 5.39. The lowest BCUT2D eigenvalue weighted by atomic mass is 10.0. The first-order valence-corrected chi connectivity index (χ1v) is 7.20. The molecule has 1 aliphatic heterocycles. The lowest BCUT2D eigenvalue weighted by Gasteiger charge is -2.22. The molecule has 5 heteroatoms. The van der Waals surface area contributed by atoms with Gasteiger partial charge in [0.1, 0.15) is 5.82 Å². The summed E-state index contributed by atoms with van der Waals surface area (Å²) < 4.78 is 5.63. The molecule has 0 radical (unpaired) electrons. The quantitative estimate of drug-likeness (QED) is 0.829. The van der Waals surface area contributed by atoms with Crippen molar-refractivity contribution in [3.8, 4) is 0 Å². The van der Waals surface area contributed by atoms with Crippen LogP contribution in [0.3, 0.4) is 0 Å². The van der Waals surface area contributed by atoms with E-state index in [9.17, 15) is 4.79 Å². The van der Waals surface area contributed by atoms with Crippen LogP contribution in [0.4, 0.5) is 0 Å². The minimum Gasteiger partial charge on any atom is -0.378 e. The van der Waals surface area contributed by atoms with Gasteiger partial charge in [-0.2, -0.15) is 0 Å². The van der Waals surface area contributed by atoms with Gasteiger partial charge in [0.25, 0.3) is 0 Å². The summed E-state index contributed by atoms with van der Waals surface area (Å²) in [4.78, 5) is 19.2. The van der Waals surface area contributed by atoms with Gasteiger partial charge in [-0.3, -0.25) is 4.79 Å². The highest BCUT2D eigenvalue weighted by Crippen LogP contribution is 2.17. The average molecular weight is 265 g/mol. The number of H-pyrrole nitrogens is 1. The Hall–Kier alpha value is -1.36. The molecule has 0 saturated carbocycles. The molecule has 1 amide bonds. The molecular formula is C14H23N3O2. The number of nitrogens with one attached hydrogen (secondary N) is 2. The molecule has 1 aromatic rings. The summed E-state index contributed by atoms with van der Waals surface area (Å²) in [5, 5.41) is 3.02. The van der Waals surface area contributed by atoms with Crippen LogP contribution in [0.15, 0.2) is 12.4 Å². The second-order valence-electron chi connectivity index (χ2n) is 5.03. The number of hydrogen-bond donors (Lipinski definition) is 2. The van der Waals surface area contributed by atoms with E-state index >= 15 is 0 Å². The van der Waals surface area contributed by atoms with Gasteiger partial charge in [0, 0.05) is 25.4 Å². The van der Waals surface area contributed by atoms with Crippen molar-refractivity contribution in [1.82, 2.24) is 15.3 Å². The molecule has 0 aliphatic carbocycles. The predicted molar refractivity (Wildman–Crippen MR) is 72.6 cm³/mol. The lowest BCUT2D eigenvalue weighted by molar-refractivity contribution is -0.123. The third-order valence-corrected chi connectivity index (χ3v) is 3.56. The van der Waals surface area contributed by atoms with E-state index < -0.39 is 0 Å². The van der Waals surface area contributed by atoms with Crippen LogP contribution in [0.2, 0.25) is 0 Å². The average Bonchev–Trinajstić information content (AvgIpc) is 2.97. The Bertz CT molecular complexity index is 372. The number of nitrogens with zero attached hydrogens (tertiary/aromatic N) is 1. The number of aromatic amines is 1. The van der Waals surface area contributed by atoms with E-state index in [0.29, 0.717) is 6.42 Å². The third kappa shape index (κ3) is 4.35. The largest absolute Gasteiger partial charge is 0.378 e. The van der Waals surface area contributed by atoms with Crippen molar-refractivity contribution >= 4 is 5.91 Å². The van der Waals surface area contributed by atoms with Crippen LogP contribution < -0.4 is 5.32 Å². The SMILES string of the molecule is CCC(NC(=O)CCC1CCCCO1)c1ncc[nH]1. The van der Waals surface area contributed by atoms with Crippen LogP contribution in [0.5, 0.6) is 0 Å². The Morgan fingerprint density at radius 3 is 3.16 bits per heavy atom. The second-order valence-corrected chi connectivity index (χ2v) is 5.03. The zero-order valence-electron chi connectivity index (χ0n) is 11.5. The Morgan fingerprint density at radius 2 is 2.53 bits per heavy atom. The van der Waals surface area contributed by atoms with Gasteiger partial charge < -0.3 is 15.0 Å². The Labute approximate surface area is 114 Å². The minimum absolute atomic E-state index is 0.0187. The molecule has 2 heterocycles. The van der Waals surface area contributed by atoms with Crippen molar-refractivity contribution in [2.24, 2.45) is 0 Å². The molecule has 2 unspecified atom stereocenters. The number of ether oxygens (including phenoxy) is 1. The maximum absolute atomic E-state index is 11.9. The van der Waals surface area contributed by atoms with Crippen LogP contribution in [0.1, 0.15) is 57.3 Å². The van der Waals surface area contributed by atoms with Gasteiger partial charge in [0.05, 0.1) is 12.1 Å². The van der Waals surface area contributed by atoms with E-state index in [4.69, 9.17) is 4.74 Å². The molecule has 1 saturated heterocycles. The smallest absolute Gasteiger partial charge is 0.220 e. The van der Waals surface area contributed by atoms with Crippen molar-refractivity contribution < 1.29 is 9.53 Å². The van der Waals surface area contributed by atoms with E-state index in [1.165, 1.54) is 6.42 Å². The van der Waals surface area contributed by atoms with Crippen molar-refractivity contribution in [2.45, 2.75) is 57.6 Å². The maximum atomic E-state index is 11.9. The molecule has 5 nitrogen and oxygen atoms in total. The lowest BCUT2D eigenvalue weighted by Crippen LogP contribution is -2.30. The Balaban J connectivity index is 1.73. The predicted octanol–water partition coefficient (Wildman–Crippen LogP) is 2.33. The van der Waals surface area contributed by atoms with Gasteiger partial charge in [0.15, 0.2) is 0 Å². The van der Waals surface area contributed by atoms with E-state index in [0.717, 1.165) is 38.1 Å². The first-order valence-electron chi connectivity index (χ1n) is 7.20. The fourth-order valence-electron chi connectivity index (χ4n) is 2.43. The summed E-state index contributed by atoms with van der Waals surface area (Å²) in [5.41, 5.74) is 0. The molecule has 2 rings (SSSR count). The molecule has 0 aromatic carbocycles. The van der Waals surface area contributed by atoms with Gasteiger partial charge in [0.2, 0.25) is 5.91 Å². The number of rotatable bonds is 6. The fraction of sp³-hybridized carbons (Fsp3) is 0.714. The first kappa shape index (κ1) is 14.1. The first-order chi connectivity index (χ1) is 9.29. The summed E-state index contributed by atoms with van der Waals surface area (Å²) in [6, 6.07) is -0.0187. The normalized spacial score (nSPS) is 21.0. The van der Waals surface area contributed by atoms with Gasteiger partial charge in [-0.25, -0.2) is 4.98 Å². The molecular weight excluding hydrogens is 242 g/mol. The maximum Gasteiger partial charge on any atom is 0.220 e. The summed E-state index contributed by atoms with van der Waals surface area (Å²) in [5.74, 6) is 0.905. The molecule has 2 N–H and O–H groups in total. The van der Waals surface area contributed by atoms with Crippen LogP contribution in [-0.4, -0.2) is 28.6 Å². The van der Waals surface area contributed by atoms with E-state index in [1.807, 2.05) is 6.92 Å². The molecule has 0 bridgehead atoms. The third-order valence-electron chi connectivity index (χ3n) is 3.56. The number of imidazole rings is 1. The van der Waals surface area contributed by atoms with Crippen molar-refractivity contribution in [3.05, 3.63) is 18.2 Å². The number of carbonyl (C=O) groups excluding carboxylic acids is 1. The number of hydrogen-bond acceptors (Lipinski definition) is 3. The molecule has 106 valence electrons. The number of carbonyl (C=O) groups is 1. The van der Waals surface area contributed by atoms with Crippen molar-refractivity contribution in [3.63, 3.8) is 0 Å². The molecule has 1 fully saturated rings. The summed E-state index contributed by atoms with van der Waals surface area (Å²) in [7, 11) is 0. The van der Waals surface area contributed by atoms with Gasteiger partial charge in [-0.1, -0.05) is 6.92 Å². The fourth-order valence-corrected chi connectivity index (χ4v) is 2.43. The zero-order chi connectivity index (χ0) is 13.5. The number of amides is 1. The number of aromatic nitrogens is 2. The summed E-state index contributed by atoms with van der Waals surface area (Å²) >= 11 is 0. The van der Waals surface area contributed by atoms with Gasteiger partial charge in [-0.05, 0) is 32.1 Å².